The zero-order chi connectivity index (χ0) is 23.5. The molecule has 178 valence electrons. The molecule has 1 saturated carbocycles. The first-order chi connectivity index (χ1) is 15.0. The van der Waals surface area contributed by atoms with Gasteiger partial charge in [0, 0.05) is 12.5 Å². The van der Waals surface area contributed by atoms with E-state index in [1.54, 1.807) is 20.8 Å². The van der Waals surface area contributed by atoms with E-state index in [0.29, 0.717) is 32.2 Å². The van der Waals surface area contributed by atoms with E-state index in [0.717, 1.165) is 25.7 Å². The molecule has 0 aromatic heterocycles. The predicted octanol–water partition coefficient (Wildman–Crippen LogP) is 2.35. The zero-order valence-corrected chi connectivity index (χ0v) is 19.2. The Labute approximate surface area is 188 Å². The maximum atomic E-state index is 13.4. The quantitative estimate of drug-likeness (QED) is 0.556. The van der Waals surface area contributed by atoms with Gasteiger partial charge >= 0.3 is 12.1 Å². The van der Waals surface area contributed by atoms with Gasteiger partial charge in [0.15, 0.2) is 0 Å². The SMILES string of the molecule is CC(C)(C)OC(=O)NC1CCCCCC=C[C@@H]2C[C@@]2(C(=O)O)NC(=O)[C@@H]2CCCN2C1=O. The molecule has 3 aliphatic rings. The molecule has 0 bridgehead atoms. The van der Waals surface area contributed by atoms with Gasteiger partial charge in [-0.2, -0.15) is 0 Å². The van der Waals surface area contributed by atoms with Crippen LogP contribution in [-0.4, -0.2) is 63.7 Å². The van der Waals surface area contributed by atoms with Gasteiger partial charge < -0.3 is 25.4 Å². The van der Waals surface area contributed by atoms with E-state index in [4.69, 9.17) is 4.74 Å². The summed E-state index contributed by atoms with van der Waals surface area (Å²) >= 11 is 0. The summed E-state index contributed by atoms with van der Waals surface area (Å²) in [6.45, 7) is 5.65. The molecule has 4 atom stereocenters. The Bertz CT molecular complexity index is 789. The minimum absolute atomic E-state index is 0.235. The number of carboxylic acids is 1. The minimum Gasteiger partial charge on any atom is -0.479 e. The molecule has 3 rings (SSSR count). The molecular formula is C23H35N3O6. The summed E-state index contributed by atoms with van der Waals surface area (Å²) in [6.07, 6.45) is 8.43. The van der Waals surface area contributed by atoms with Crippen molar-refractivity contribution in [1.29, 1.82) is 0 Å². The standard InChI is InChI=1S/C23H35N3O6/c1-22(2,3)32-21(31)24-16-11-8-6-4-5-7-10-15-14-23(15,20(29)30)25-18(27)17-12-9-13-26(17)19(16)28/h7,10,15-17H,4-6,8-9,11-14H2,1-3H3,(H,24,31)(H,25,27)(H,29,30)/t15-,16?,17+,23-/m1/s1. The molecule has 1 aliphatic carbocycles. The summed E-state index contributed by atoms with van der Waals surface area (Å²) in [5.74, 6) is -2.05. The van der Waals surface area contributed by atoms with Crippen LogP contribution < -0.4 is 10.6 Å². The van der Waals surface area contributed by atoms with Crippen LogP contribution in [0.3, 0.4) is 0 Å². The highest BCUT2D eigenvalue weighted by Crippen LogP contribution is 2.45. The fourth-order valence-electron chi connectivity index (χ4n) is 4.52. The molecule has 2 fully saturated rings. The summed E-state index contributed by atoms with van der Waals surface area (Å²) in [4.78, 5) is 52.2. The third-order valence-electron chi connectivity index (χ3n) is 6.30. The summed E-state index contributed by atoms with van der Waals surface area (Å²) in [5.41, 5.74) is -1.99. The van der Waals surface area contributed by atoms with Gasteiger partial charge in [0.25, 0.3) is 0 Å². The third kappa shape index (κ3) is 5.61. The lowest BCUT2D eigenvalue weighted by Crippen LogP contribution is -2.56. The van der Waals surface area contributed by atoms with E-state index in [1.165, 1.54) is 4.90 Å². The first kappa shape index (κ1) is 24.1. The van der Waals surface area contributed by atoms with E-state index in [-0.39, 0.29) is 11.8 Å². The van der Waals surface area contributed by atoms with Gasteiger partial charge in [0.1, 0.15) is 23.2 Å². The normalized spacial score (nSPS) is 31.5. The second-order valence-corrected chi connectivity index (χ2v) is 10.0. The number of nitrogens with zero attached hydrogens (tertiary/aromatic N) is 1. The van der Waals surface area contributed by atoms with Crippen LogP contribution in [0.2, 0.25) is 0 Å². The highest BCUT2D eigenvalue weighted by atomic mass is 16.6. The molecule has 9 heteroatoms. The molecule has 0 aromatic carbocycles. The summed E-state index contributed by atoms with van der Waals surface area (Å²) in [5, 5.41) is 15.2. The number of carboxylic acid groups (broad SMARTS) is 1. The van der Waals surface area contributed by atoms with E-state index < -0.39 is 41.2 Å². The number of alkyl carbamates (subject to hydrolysis) is 1. The minimum atomic E-state index is -1.29. The molecule has 0 aromatic rings. The number of carbonyl (C=O) groups excluding carboxylic acids is 3. The molecule has 1 unspecified atom stereocenters. The Morgan fingerprint density at radius 1 is 1.19 bits per heavy atom. The Morgan fingerprint density at radius 3 is 2.62 bits per heavy atom. The molecule has 0 spiro atoms. The first-order valence-electron chi connectivity index (χ1n) is 11.6. The second kappa shape index (κ2) is 9.50. The van der Waals surface area contributed by atoms with Crippen molar-refractivity contribution >= 4 is 23.9 Å². The molecule has 3 N–H and O–H groups in total. The Kier molecular flexibility index (Phi) is 7.15. The zero-order valence-electron chi connectivity index (χ0n) is 19.2. The molecule has 3 amide bonds. The van der Waals surface area contributed by atoms with Gasteiger partial charge in [-0.15, -0.1) is 0 Å². The van der Waals surface area contributed by atoms with Crippen LogP contribution in [0.5, 0.6) is 0 Å². The maximum Gasteiger partial charge on any atom is 0.408 e. The maximum absolute atomic E-state index is 13.4. The van der Waals surface area contributed by atoms with Gasteiger partial charge in [-0.1, -0.05) is 25.0 Å². The lowest BCUT2D eigenvalue weighted by atomic mass is 10.0. The number of allylic oxidation sites excluding steroid dienone is 1. The van der Waals surface area contributed by atoms with E-state index in [1.807, 2.05) is 12.2 Å². The average molecular weight is 450 g/mol. The number of amides is 3. The third-order valence-corrected chi connectivity index (χ3v) is 6.30. The monoisotopic (exact) mass is 449 g/mol. The molecule has 9 nitrogen and oxygen atoms in total. The molecule has 32 heavy (non-hydrogen) atoms. The van der Waals surface area contributed by atoms with Gasteiger partial charge in [-0.05, 0) is 59.3 Å². The predicted molar refractivity (Wildman–Crippen MR) is 117 cm³/mol. The van der Waals surface area contributed by atoms with E-state index in [2.05, 4.69) is 10.6 Å². The lowest BCUT2D eigenvalue weighted by Gasteiger charge is -2.30. The fourth-order valence-corrected chi connectivity index (χ4v) is 4.52. The molecular weight excluding hydrogens is 414 g/mol. The van der Waals surface area contributed by atoms with Crippen LogP contribution in [0.1, 0.15) is 72.1 Å². The van der Waals surface area contributed by atoms with Gasteiger partial charge in [-0.3, -0.25) is 9.59 Å². The molecule has 1 saturated heterocycles. The van der Waals surface area contributed by atoms with Crippen molar-refractivity contribution in [2.45, 2.75) is 95.4 Å². The van der Waals surface area contributed by atoms with E-state index in [9.17, 15) is 24.3 Å². The van der Waals surface area contributed by atoms with Crippen molar-refractivity contribution in [2.24, 2.45) is 5.92 Å². The average Bonchev–Trinajstić information content (AvgIpc) is 3.16. The number of carbonyl (C=O) groups is 4. The van der Waals surface area contributed by atoms with E-state index >= 15 is 0 Å². The second-order valence-electron chi connectivity index (χ2n) is 10.0. The van der Waals surface area contributed by atoms with Crippen LogP contribution in [-0.2, 0) is 19.1 Å². The summed E-state index contributed by atoms with van der Waals surface area (Å²) in [6, 6.07) is -1.53. The van der Waals surface area contributed by atoms with Gasteiger partial charge in [0.2, 0.25) is 11.8 Å². The smallest absolute Gasteiger partial charge is 0.408 e. The number of aliphatic carboxylic acids is 1. The topological polar surface area (TPSA) is 125 Å². The van der Waals surface area contributed by atoms with Crippen molar-refractivity contribution < 1.29 is 29.0 Å². The first-order valence-corrected chi connectivity index (χ1v) is 11.6. The molecule has 0 radical (unpaired) electrons. The van der Waals surface area contributed by atoms with Gasteiger partial charge in [0.05, 0.1) is 0 Å². The number of nitrogens with one attached hydrogen (secondary N) is 2. The van der Waals surface area contributed by atoms with Crippen molar-refractivity contribution in [1.82, 2.24) is 15.5 Å². The highest BCUT2D eigenvalue weighted by Gasteiger charge is 2.61. The van der Waals surface area contributed by atoms with Crippen molar-refractivity contribution in [2.75, 3.05) is 6.54 Å². The van der Waals surface area contributed by atoms with Crippen LogP contribution in [0, 0.1) is 5.92 Å². The van der Waals surface area contributed by atoms with Crippen LogP contribution in [0.15, 0.2) is 12.2 Å². The fraction of sp³-hybridized carbons (Fsp3) is 0.739. The molecule has 2 heterocycles. The van der Waals surface area contributed by atoms with Crippen molar-refractivity contribution in [3.05, 3.63) is 12.2 Å². The largest absolute Gasteiger partial charge is 0.479 e. The van der Waals surface area contributed by atoms with Gasteiger partial charge in [-0.25, -0.2) is 9.59 Å². The summed E-state index contributed by atoms with van der Waals surface area (Å²) < 4.78 is 5.33. The Balaban J connectivity index is 1.79. The van der Waals surface area contributed by atoms with Crippen LogP contribution in [0.4, 0.5) is 4.79 Å². The summed E-state index contributed by atoms with van der Waals surface area (Å²) in [7, 11) is 0. The van der Waals surface area contributed by atoms with Crippen LogP contribution in [0.25, 0.3) is 0 Å². The lowest BCUT2D eigenvalue weighted by molar-refractivity contribution is -0.145. The Morgan fingerprint density at radius 2 is 1.94 bits per heavy atom. The number of ether oxygens (including phenoxy) is 1. The van der Waals surface area contributed by atoms with Crippen LogP contribution >= 0.6 is 0 Å². The molecule has 2 aliphatic heterocycles. The number of hydrogen-bond acceptors (Lipinski definition) is 5. The van der Waals surface area contributed by atoms with Crippen molar-refractivity contribution in [3.63, 3.8) is 0 Å². The number of hydrogen-bond donors (Lipinski definition) is 3. The van der Waals surface area contributed by atoms with Crippen molar-refractivity contribution in [3.8, 4) is 0 Å². The number of fused-ring (bicyclic) bond motifs is 2. The highest BCUT2D eigenvalue weighted by molar-refractivity contribution is 5.96. The number of rotatable bonds is 2. The Hall–Kier alpha value is -2.58.